The van der Waals surface area contributed by atoms with Gasteiger partial charge in [0.05, 0.1) is 5.52 Å². The van der Waals surface area contributed by atoms with Crippen LogP contribution in [-0.2, 0) is 0 Å². The summed E-state index contributed by atoms with van der Waals surface area (Å²) in [5, 5.41) is 9.26. The number of nitrogens with one attached hydrogen (secondary N) is 1. The van der Waals surface area contributed by atoms with Crippen molar-refractivity contribution in [2.24, 2.45) is 0 Å². The number of halogens is 1. The Labute approximate surface area is 72.8 Å². The number of phenols is 1. The number of hydrogen-bond acceptors (Lipinski definition) is 2. The summed E-state index contributed by atoms with van der Waals surface area (Å²) in [7, 11) is 0. The summed E-state index contributed by atoms with van der Waals surface area (Å²) in [4.78, 5) is 13.2. The Morgan fingerprint density at radius 2 is 2.23 bits per heavy atom. The van der Waals surface area contributed by atoms with Crippen LogP contribution in [0.4, 0.5) is 4.39 Å². The van der Waals surface area contributed by atoms with E-state index in [-0.39, 0.29) is 16.7 Å². The van der Waals surface area contributed by atoms with Gasteiger partial charge in [0.25, 0.3) is 0 Å². The highest BCUT2D eigenvalue weighted by Crippen LogP contribution is 2.24. The molecule has 0 aliphatic rings. The van der Waals surface area contributed by atoms with Crippen molar-refractivity contribution >= 4 is 17.2 Å². The Morgan fingerprint density at radius 3 is 2.92 bits per heavy atom. The van der Waals surface area contributed by atoms with Crippen molar-refractivity contribution in [3.05, 3.63) is 29.7 Å². The van der Waals surface area contributed by atoms with Crippen LogP contribution in [-0.4, -0.2) is 16.4 Å². The molecule has 13 heavy (non-hydrogen) atoms. The normalized spacial score (nSPS) is 10.5. The van der Waals surface area contributed by atoms with Crippen molar-refractivity contribution in [3.8, 4) is 5.75 Å². The lowest BCUT2D eigenvalue weighted by molar-refractivity contribution is 0.112. The first-order valence-corrected chi connectivity index (χ1v) is 3.67. The second-order valence-corrected chi connectivity index (χ2v) is 2.71. The van der Waals surface area contributed by atoms with Gasteiger partial charge in [0.1, 0.15) is 11.6 Å². The molecule has 0 spiro atoms. The molecule has 3 nitrogen and oxygen atoms in total. The molecule has 2 rings (SSSR count). The summed E-state index contributed by atoms with van der Waals surface area (Å²) in [5.74, 6) is -0.761. The molecule has 1 aromatic carbocycles. The third-order valence-electron chi connectivity index (χ3n) is 1.87. The summed E-state index contributed by atoms with van der Waals surface area (Å²) >= 11 is 0. The van der Waals surface area contributed by atoms with Gasteiger partial charge in [-0.25, -0.2) is 4.39 Å². The van der Waals surface area contributed by atoms with Crippen molar-refractivity contribution in [2.75, 3.05) is 0 Å². The van der Waals surface area contributed by atoms with Crippen LogP contribution in [0.15, 0.2) is 18.3 Å². The predicted molar refractivity (Wildman–Crippen MR) is 45.3 cm³/mol. The fourth-order valence-electron chi connectivity index (χ4n) is 1.32. The lowest BCUT2D eigenvalue weighted by Crippen LogP contribution is -1.80. The molecule has 0 unspecified atom stereocenters. The first-order valence-electron chi connectivity index (χ1n) is 3.67. The maximum atomic E-state index is 13.2. The maximum Gasteiger partial charge on any atom is 0.152 e. The van der Waals surface area contributed by atoms with Crippen LogP contribution in [0.2, 0.25) is 0 Å². The summed E-state index contributed by atoms with van der Waals surface area (Å²) in [6.07, 6.45) is 1.97. The minimum absolute atomic E-state index is 0.163. The van der Waals surface area contributed by atoms with Gasteiger partial charge in [-0.1, -0.05) is 0 Å². The largest absolute Gasteiger partial charge is 0.508 e. The Balaban J connectivity index is 2.89. The molecule has 0 radical (unpaired) electrons. The van der Waals surface area contributed by atoms with E-state index in [9.17, 15) is 9.18 Å². The topological polar surface area (TPSA) is 53.1 Å². The monoisotopic (exact) mass is 179 g/mol. The van der Waals surface area contributed by atoms with Crippen molar-refractivity contribution < 1.29 is 14.3 Å². The lowest BCUT2D eigenvalue weighted by atomic mass is 10.2. The molecule has 2 N–H and O–H groups in total. The molecule has 0 saturated heterocycles. The van der Waals surface area contributed by atoms with Crippen LogP contribution >= 0.6 is 0 Å². The number of aromatic hydroxyl groups is 1. The Hall–Kier alpha value is -1.84. The highest BCUT2D eigenvalue weighted by molar-refractivity contribution is 5.97. The van der Waals surface area contributed by atoms with Gasteiger partial charge in [0.15, 0.2) is 6.29 Å². The molecule has 0 aliphatic carbocycles. The molecule has 0 fully saturated rings. The molecule has 0 aliphatic heterocycles. The third kappa shape index (κ3) is 1.07. The van der Waals surface area contributed by atoms with Gasteiger partial charge in [-0.05, 0) is 0 Å². The SMILES string of the molecule is O=Cc1c[nH]c2cc(O)cc(F)c12. The fourth-order valence-corrected chi connectivity index (χ4v) is 1.32. The summed E-state index contributed by atoms with van der Waals surface area (Å²) in [6.45, 7) is 0. The van der Waals surface area contributed by atoms with Gasteiger partial charge in [0, 0.05) is 29.3 Å². The van der Waals surface area contributed by atoms with Gasteiger partial charge < -0.3 is 10.1 Å². The highest BCUT2D eigenvalue weighted by Gasteiger charge is 2.09. The summed E-state index contributed by atoms with van der Waals surface area (Å²) < 4.78 is 13.2. The minimum Gasteiger partial charge on any atom is -0.508 e. The van der Waals surface area contributed by atoms with Gasteiger partial charge in [-0.2, -0.15) is 0 Å². The predicted octanol–water partition coefficient (Wildman–Crippen LogP) is 1.83. The smallest absolute Gasteiger partial charge is 0.152 e. The number of aldehydes is 1. The number of carbonyl (C=O) groups is 1. The number of hydrogen-bond donors (Lipinski definition) is 2. The quantitative estimate of drug-likeness (QED) is 0.656. The number of carbonyl (C=O) groups excluding carboxylic acids is 1. The van der Waals surface area contributed by atoms with Crippen LogP contribution < -0.4 is 0 Å². The van der Waals surface area contributed by atoms with Crippen LogP contribution in [0.3, 0.4) is 0 Å². The molecule has 1 heterocycles. The number of phenolic OH excluding ortho intramolecular Hbond substituents is 1. The average Bonchev–Trinajstić information content (AvgIpc) is 2.47. The van der Waals surface area contributed by atoms with Gasteiger partial charge in [-0.15, -0.1) is 0 Å². The highest BCUT2D eigenvalue weighted by atomic mass is 19.1. The van der Waals surface area contributed by atoms with Crippen LogP contribution in [0.1, 0.15) is 10.4 Å². The summed E-state index contributed by atoms with van der Waals surface area (Å²) in [5.41, 5.74) is 0.673. The second kappa shape index (κ2) is 2.58. The van der Waals surface area contributed by atoms with Gasteiger partial charge in [-0.3, -0.25) is 4.79 Å². The standard InChI is InChI=1S/C9H6FNO2/c10-7-1-6(13)2-8-9(7)5(4-12)3-11-8/h1-4,11,13H. The molecule has 2 aromatic rings. The van der Waals surface area contributed by atoms with E-state index in [1.54, 1.807) is 0 Å². The molecule has 0 amide bonds. The van der Waals surface area contributed by atoms with Crippen molar-refractivity contribution in [2.45, 2.75) is 0 Å². The third-order valence-corrected chi connectivity index (χ3v) is 1.87. The number of aromatic amines is 1. The molecular formula is C9H6FNO2. The van der Waals surface area contributed by atoms with E-state index in [2.05, 4.69) is 4.98 Å². The van der Waals surface area contributed by atoms with Crippen LogP contribution in [0, 0.1) is 5.82 Å². The van der Waals surface area contributed by atoms with E-state index >= 15 is 0 Å². The zero-order valence-corrected chi connectivity index (χ0v) is 6.54. The fraction of sp³-hybridized carbons (Fsp3) is 0. The van der Waals surface area contributed by atoms with Crippen LogP contribution in [0.5, 0.6) is 5.75 Å². The van der Waals surface area contributed by atoms with Crippen molar-refractivity contribution in [1.82, 2.24) is 4.98 Å². The lowest BCUT2D eigenvalue weighted by Gasteiger charge is -1.95. The van der Waals surface area contributed by atoms with Crippen LogP contribution in [0.25, 0.3) is 10.9 Å². The molecule has 0 saturated carbocycles. The van der Waals surface area contributed by atoms with Gasteiger partial charge in [0.2, 0.25) is 0 Å². The number of benzene rings is 1. The maximum absolute atomic E-state index is 13.2. The van der Waals surface area contributed by atoms with E-state index < -0.39 is 5.82 Å². The van der Waals surface area contributed by atoms with E-state index in [4.69, 9.17) is 5.11 Å². The average molecular weight is 179 g/mol. The first kappa shape index (κ1) is 7.79. The molecular weight excluding hydrogens is 173 g/mol. The van der Waals surface area contributed by atoms with Crippen molar-refractivity contribution in [1.29, 1.82) is 0 Å². The first-order chi connectivity index (χ1) is 6.22. The molecule has 66 valence electrons. The molecule has 4 heteroatoms. The molecule has 0 bridgehead atoms. The number of rotatable bonds is 1. The number of fused-ring (bicyclic) bond motifs is 1. The molecule has 0 atom stereocenters. The summed E-state index contributed by atoms with van der Waals surface area (Å²) in [6, 6.07) is 2.34. The number of aromatic nitrogens is 1. The van der Waals surface area contributed by atoms with Gasteiger partial charge >= 0.3 is 0 Å². The Bertz CT molecular complexity index is 476. The van der Waals surface area contributed by atoms with E-state index in [0.717, 1.165) is 6.07 Å². The Kier molecular flexibility index (Phi) is 1.55. The van der Waals surface area contributed by atoms with E-state index in [0.29, 0.717) is 11.8 Å². The zero-order chi connectivity index (χ0) is 9.42. The zero-order valence-electron chi connectivity index (χ0n) is 6.54. The van der Waals surface area contributed by atoms with E-state index in [1.807, 2.05) is 0 Å². The van der Waals surface area contributed by atoms with Crippen molar-refractivity contribution in [3.63, 3.8) is 0 Å². The number of H-pyrrole nitrogens is 1. The second-order valence-electron chi connectivity index (χ2n) is 2.71. The van der Waals surface area contributed by atoms with E-state index in [1.165, 1.54) is 12.3 Å². The Morgan fingerprint density at radius 1 is 1.46 bits per heavy atom. The minimum atomic E-state index is -0.599. The molecule has 1 aromatic heterocycles.